The maximum atomic E-state index is 11.1. The molecule has 0 saturated heterocycles. The first-order chi connectivity index (χ1) is 7.75. The molecule has 96 valence electrons. The van der Waals surface area contributed by atoms with Crippen LogP contribution in [0.1, 0.15) is 22.3 Å². The number of carbonyl (C=O) groups excluding carboxylic acids is 1. The van der Waals surface area contributed by atoms with Crippen molar-refractivity contribution in [2.75, 3.05) is 19.7 Å². The van der Waals surface area contributed by atoms with Gasteiger partial charge in [-0.2, -0.15) is 0 Å². The van der Waals surface area contributed by atoms with Crippen molar-refractivity contribution >= 4 is 18.3 Å². The second kappa shape index (κ2) is 8.92. The van der Waals surface area contributed by atoms with Gasteiger partial charge in [-0.3, -0.25) is 9.78 Å². The van der Waals surface area contributed by atoms with E-state index in [4.69, 9.17) is 10.8 Å². The Morgan fingerprint density at radius 2 is 2.24 bits per heavy atom. The van der Waals surface area contributed by atoms with Gasteiger partial charge in [0.2, 0.25) is 5.91 Å². The van der Waals surface area contributed by atoms with Crippen LogP contribution in [0, 0.1) is 0 Å². The topological polar surface area (TPSA) is 88.2 Å². The number of aliphatic hydroxyl groups excluding tert-OH is 1. The second-order valence-electron chi connectivity index (χ2n) is 3.47. The number of hydrogen-bond acceptors (Lipinski definition) is 4. The molecule has 5 nitrogen and oxygen atoms in total. The summed E-state index contributed by atoms with van der Waals surface area (Å²) in [6.45, 7) is 1.53. The van der Waals surface area contributed by atoms with E-state index in [1.807, 2.05) is 0 Å². The number of rotatable bonds is 7. The fraction of sp³-hybridized carbons (Fsp3) is 0.455. The summed E-state index contributed by atoms with van der Waals surface area (Å²) in [6, 6.07) is 1.64. The minimum absolute atomic E-state index is 0. The molecular formula is C11H18ClN3O2. The molecule has 0 aliphatic heterocycles. The number of nitrogens with one attached hydrogen (secondary N) is 1. The Morgan fingerprint density at radius 1 is 1.47 bits per heavy atom. The van der Waals surface area contributed by atoms with Gasteiger partial charge in [0, 0.05) is 24.5 Å². The Morgan fingerprint density at radius 3 is 2.88 bits per heavy atom. The molecule has 0 aromatic carbocycles. The smallest absolute Gasteiger partial charge is 0.249 e. The Balaban J connectivity index is 0.00000256. The zero-order chi connectivity index (χ0) is 11.8. The summed E-state index contributed by atoms with van der Waals surface area (Å²) in [4.78, 5) is 15.1. The molecule has 1 aromatic heterocycles. The molecule has 1 rings (SSSR count). The van der Waals surface area contributed by atoms with Crippen LogP contribution in [-0.4, -0.2) is 35.7 Å². The van der Waals surface area contributed by atoms with Gasteiger partial charge in [-0.25, -0.2) is 0 Å². The van der Waals surface area contributed by atoms with Crippen LogP contribution in [0.25, 0.3) is 0 Å². The van der Waals surface area contributed by atoms with E-state index in [2.05, 4.69) is 10.3 Å². The largest absolute Gasteiger partial charge is 0.395 e. The standard InChI is InChI=1S/C11H17N3O2.ClH/c12-11(16)10-3-5-14-8-9(10)2-1-4-13-6-7-15;/h3,5,8,13,15H,1-2,4,6-7H2,(H2,12,16);1H. The number of aryl methyl sites for hydroxylation is 1. The lowest BCUT2D eigenvalue weighted by Gasteiger charge is -2.06. The molecule has 0 aliphatic rings. The molecule has 0 unspecified atom stereocenters. The van der Waals surface area contributed by atoms with Crippen molar-refractivity contribution in [2.45, 2.75) is 12.8 Å². The highest BCUT2D eigenvalue weighted by Crippen LogP contribution is 2.08. The van der Waals surface area contributed by atoms with Crippen LogP contribution in [-0.2, 0) is 6.42 Å². The van der Waals surface area contributed by atoms with Crippen molar-refractivity contribution in [3.63, 3.8) is 0 Å². The fourth-order valence-electron chi connectivity index (χ4n) is 1.47. The van der Waals surface area contributed by atoms with Crippen LogP contribution in [0.15, 0.2) is 18.5 Å². The molecule has 17 heavy (non-hydrogen) atoms. The van der Waals surface area contributed by atoms with Gasteiger partial charge in [0.25, 0.3) is 0 Å². The Bertz CT molecular complexity index is 347. The van der Waals surface area contributed by atoms with Crippen LogP contribution in [0.4, 0.5) is 0 Å². The van der Waals surface area contributed by atoms with E-state index < -0.39 is 5.91 Å². The predicted molar refractivity (Wildman–Crippen MR) is 68.3 cm³/mol. The van der Waals surface area contributed by atoms with Crippen LogP contribution < -0.4 is 11.1 Å². The SMILES string of the molecule is Cl.NC(=O)c1ccncc1CCCNCCO. The number of hydrogen-bond donors (Lipinski definition) is 3. The summed E-state index contributed by atoms with van der Waals surface area (Å²) < 4.78 is 0. The van der Waals surface area contributed by atoms with Crippen molar-refractivity contribution in [2.24, 2.45) is 5.73 Å². The van der Waals surface area contributed by atoms with Gasteiger partial charge in [-0.05, 0) is 31.0 Å². The molecule has 6 heteroatoms. The van der Waals surface area contributed by atoms with Gasteiger partial charge in [0.15, 0.2) is 0 Å². The van der Waals surface area contributed by atoms with Crippen molar-refractivity contribution in [3.8, 4) is 0 Å². The zero-order valence-electron chi connectivity index (χ0n) is 9.56. The molecule has 0 saturated carbocycles. The molecule has 0 aliphatic carbocycles. The van der Waals surface area contributed by atoms with E-state index in [0.717, 1.165) is 24.9 Å². The molecule has 0 bridgehead atoms. The van der Waals surface area contributed by atoms with Crippen molar-refractivity contribution < 1.29 is 9.90 Å². The van der Waals surface area contributed by atoms with Gasteiger partial charge in [0.05, 0.1) is 6.61 Å². The lowest BCUT2D eigenvalue weighted by Crippen LogP contribution is -2.20. The highest BCUT2D eigenvalue weighted by Gasteiger charge is 2.06. The molecular weight excluding hydrogens is 242 g/mol. The number of aliphatic hydroxyl groups is 1. The molecule has 0 fully saturated rings. The summed E-state index contributed by atoms with van der Waals surface area (Å²) in [6.07, 6.45) is 4.87. The number of nitrogens with two attached hydrogens (primary N) is 1. The normalized spacial score (nSPS) is 9.71. The quantitative estimate of drug-likeness (QED) is 0.607. The number of nitrogens with zero attached hydrogens (tertiary/aromatic N) is 1. The average Bonchev–Trinajstić information content (AvgIpc) is 2.29. The van der Waals surface area contributed by atoms with E-state index in [1.165, 1.54) is 0 Å². The fourth-order valence-corrected chi connectivity index (χ4v) is 1.47. The third-order valence-electron chi connectivity index (χ3n) is 2.26. The van der Waals surface area contributed by atoms with Gasteiger partial charge >= 0.3 is 0 Å². The first-order valence-electron chi connectivity index (χ1n) is 5.30. The molecule has 1 heterocycles. The average molecular weight is 260 g/mol. The number of primary amides is 1. The highest BCUT2D eigenvalue weighted by atomic mass is 35.5. The number of carbonyl (C=O) groups is 1. The molecule has 0 radical (unpaired) electrons. The summed E-state index contributed by atoms with van der Waals surface area (Å²) >= 11 is 0. The number of halogens is 1. The lowest BCUT2D eigenvalue weighted by atomic mass is 10.1. The van der Waals surface area contributed by atoms with E-state index >= 15 is 0 Å². The molecule has 0 spiro atoms. The Labute approximate surface area is 107 Å². The van der Waals surface area contributed by atoms with Gasteiger partial charge < -0.3 is 16.2 Å². The van der Waals surface area contributed by atoms with Crippen molar-refractivity contribution in [1.82, 2.24) is 10.3 Å². The van der Waals surface area contributed by atoms with Crippen molar-refractivity contribution in [1.29, 1.82) is 0 Å². The first-order valence-corrected chi connectivity index (χ1v) is 5.30. The number of pyridine rings is 1. The predicted octanol–water partition coefficient (Wildman–Crippen LogP) is 0.117. The molecule has 1 aromatic rings. The Kier molecular flexibility index (Phi) is 8.31. The van der Waals surface area contributed by atoms with Crippen molar-refractivity contribution in [3.05, 3.63) is 29.6 Å². The van der Waals surface area contributed by atoms with E-state index in [0.29, 0.717) is 12.1 Å². The third-order valence-corrected chi connectivity index (χ3v) is 2.26. The maximum Gasteiger partial charge on any atom is 0.249 e. The zero-order valence-corrected chi connectivity index (χ0v) is 10.4. The second-order valence-corrected chi connectivity index (χ2v) is 3.47. The van der Waals surface area contributed by atoms with Crippen LogP contribution in [0.2, 0.25) is 0 Å². The van der Waals surface area contributed by atoms with E-state index in [9.17, 15) is 4.79 Å². The summed E-state index contributed by atoms with van der Waals surface area (Å²) in [7, 11) is 0. The van der Waals surface area contributed by atoms with Gasteiger partial charge in [0.1, 0.15) is 0 Å². The number of aromatic nitrogens is 1. The summed E-state index contributed by atoms with van der Waals surface area (Å²) in [5.41, 5.74) is 6.67. The minimum Gasteiger partial charge on any atom is -0.395 e. The van der Waals surface area contributed by atoms with Crippen LogP contribution in [0.3, 0.4) is 0 Å². The number of amides is 1. The summed E-state index contributed by atoms with van der Waals surface area (Å²) in [5, 5.41) is 11.6. The molecule has 0 atom stereocenters. The Hall–Kier alpha value is -1.17. The monoisotopic (exact) mass is 259 g/mol. The van der Waals surface area contributed by atoms with Gasteiger partial charge in [-0.1, -0.05) is 0 Å². The molecule has 4 N–H and O–H groups in total. The van der Waals surface area contributed by atoms with E-state index in [1.54, 1.807) is 18.5 Å². The third kappa shape index (κ3) is 5.63. The first kappa shape index (κ1) is 15.8. The minimum atomic E-state index is -0.416. The summed E-state index contributed by atoms with van der Waals surface area (Å²) in [5.74, 6) is -0.416. The van der Waals surface area contributed by atoms with Gasteiger partial charge in [-0.15, -0.1) is 12.4 Å². The van der Waals surface area contributed by atoms with Crippen LogP contribution >= 0.6 is 12.4 Å². The van der Waals surface area contributed by atoms with E-state index in [-0.39, 0.29) is 19.0 Å². The highest BCUT2D eigenvalue weighted by molar-refractivity contribution is 5.94. The maximum absolute atomic E-state index is 11.1. The molecule has 1 amide bonds. The van der Waals surface area contributed by atoms with Crippen LogP contribution in [0.5, 0.6) is 0 Å². The lowest BCUT2D eigenvalue weighted by molar-refractivity contribution is 0.0999.